The molecule has 0 saturated carbocycles. The average molecular weight is 288 g/mol. The second-order valence-corrected chi connectivity index (χ2v) is 4.84. The van der Waals surface area contributed by atoms with Crippen molar-refractivity contribution in [2.24, 2.45) is 0 Å². The van der Waals surface area contributed by atoms with Crippen LogP contribution in [0.25, 0.3) is 0 Å². The van der Waals surface area contributed by atoms with Crippen LogP contribution in [0, 0.1) is 0 Å². The van der Waals surface area contributed by atoms with Crippen LogP contribution in [-0.4, -0.2) is 37.3 Å². The van der Waals surface area contributed by atoms with Crippen LogP contribution in [0.5, 0.6) is 0 Å². The third-order valence-corrected chi connectivity index (χ3v) is 3.34. The number of halogens is 2. The Hall–Kier alpha value is -0.970. The lowest BCUT2D eigenvalue weighted by Gasteiger charge is -2.27. The van der Waals surface area contributed by atoms with Crippen molar-refractivity contribution in [2.75, 3.05) is 31.1 Å². The lowest BCUT2D eigenvalue weighted by Crippen LogP contribution is -2.34. The van der Waals surface area contributed by atoms with Crippen LogP contribution < -0.4 is 10.2 Å². The first-order valence-electron chi connectivity index (χ1n) is 5.73. The first-order chi connectivity index (χ1) is 8.72. The molecule has 0 spiro atoms. The van der Waals surface area contributed by atoms with Gasteiger partial charge in [0.15, 0.2) is 0 Å². The number of nitrogens with zero attached hydrogens (tertiary/aromatic N) is 2. The Morgan fingerprint density at radius 3 is 2.83 bits per heavy atom. The third-order valence-electron chi connectivity index (χ3n) is 2.79. The third kappa shape index (κ3) is 3.07. The number of hydrogen-bond acceptors (Lipinski definition) is 4. The second kappa shape index (κ2) is 6.27. The van der Waals surface area contributed by atoms with Crippen LogP contribution in [0.15, 0.2) is 25.2 Å². The average Bonchev–Trinajstić information content (AvgIpc) is 2.55. The van der Waals surface area contributed by atoms with Crippen molar-refractivity contribution in [3.8, 4) is 0 Å². The fourth-order valence-electron chi connectivity index (χ4n) is 2.02. The quantitative estimate of drug-likeness (QED) is 0.866. The van der Waals surface area contributed by atoms with Gasteiger partial charge in [0.1, 0.15) is 6.10 Å². The van der Waals surface area contributed by atoms with Gasteiger partial charge in [0.2, 0.25) is 0 Å². The smallest absolute Gasteiger partial charge is 0.128 e. The highest BCUT2D eigenvalue weighted by Crippen LogP contribution is 2.32. The van der Waals surface area contributed by atoms with Gasteiger partial charge < -0.3 is 15.0 Å². The summed E-state index contributed by atoms with van der Waals surface area (Å²) in [4.78, 5) is 6.08. The highest BCUT2D eigenvalue weighted by molar-refractivity contribution is 6.38. The normalized spacial score (nSPS) is 20.3. The van der Waals surface area contributed by atoms with E-state index in [4.69, 9.17) is 27.9 Å². The molecule has 0 amide bonds. The number of rotatable bonds is 3. The molecule has 0 bridgehead atoms. The SMILES string of the molecule is C=COC1CNCCN(c2c(Cl)cncc2Cl)C1. The summed E-state index contributed by atoms with van der Waals surface area (Å²) in [5, 5.41) is 4.42. The molecule has 0 aromatic carbocycles. The number of anilines is 1. The lowest BCUT2D eigenvalue weighted by atomic mass is 10.3. The largest absolute Gasteiger partial charge is 0.495 e. The van der Waals surface area contributed by atoms with Crippen molar-refractivity contribution < 1.29 is 4.74 Å². The summed E-state index contributed by atoms with van der Waals surface area (Å²) in [5.74, 6) is 0. The van der Waals surface area contributed by atoms with Gasteiger partial charge in [-0.3, -0.25) is 4.98 Å². The zero-order valence-electron chi connectivity index (χ0n) is 9.90. The van der Waals surface area contributed by atoms with Crippen molar-refractivity contribution >= 4 is 28.9 Å². The zero-order valence-corrected chi connectivity index (χ0v) is 11.4. The molecular formula is C12H15Cl2N3O. The van der Waals surface area contributed by atoms with E-state index in [0.29, 0.717) is 16.6 Å². The molecule has 1 unspecified atom stereocenters. The molecule has 4 nitrogen and oxygen atoms in total. The predicted octanol–water partition coefficient (Wildman–Crippen LogP) is 2.33. The van der Waals surface area contributed by atoms with E-state index in [-0.39, 0.29) is 6.10 Å². The van der Waals surface area contributed by atoms with Gasteiger partial charge in [0.05, 0.1) is 28.5 Å². The number of nitrogens with one attached hydrogen (secondary N) is 1. The Morgan fingerprint density at radius 1 is 1.44 bits per heavy atom. The van der Waals surface area contributed by atoms with Crippen molar-refractivity contribution in [2.45, 2.75) is 6.10 Å². The van der Waals surface area contributed by atoms with Crippen LogP contribution in [0.1, 0.15) is 0 Å². The van der Waals surface area contributed by atoms with Crippen molar-refractivity contribution in [1.82, 2.24) is 10.3 Å². The van der Waals surface area contributed by atoms with Gasteiger partial charge in [0, 0.05) is 32.0 Å². The Morgan fingerprint density at radius 2 is 2.17 bits per heavy atom. The molecule has 0 radical (unpaired) electrons. The minimum absolute atomic E-state index is 0.0327. The summed E-state index contributed by atoms with van der Waals surface area (Å²) >= 11 is 12.3. The number of ether oxygens (including phenoxy) is 1. The summed E-state index contributed by atoms with van der Waals surface area (Å²) < 4.78 is 5.45. The highest BCUT2D eigenvalue weighted by atomic mass is 35.5. The molecular weight excluding hydrogens is 273 g/mol. The molecule has 1 aromatic heterocycles. The van der Waals surface area contributed by atoms with E-state index in [0.717, 1.165) is 25.3 Å². The predicted molar refractivity (Wildman–Crippen MR) is 74.4 cm³/mol. The molecule has 1 aliphatic heterocycles. The summed E-state index contributed by atoms with van der Waals surface area (Å²) in [6.07, 6.45) is 4.70. The zero-order chi connectivity index (χ0) is 13.0. The molecule has 98 valence electrons. The topological polar surface area (TPSA) is 37.4 Å². The summed E-state index contributed by atoms with van der Waals surface area (Å²) in [6, 6.07) is 0. The van der Waals surface area contributed by atoms with Gasteiger partial charge in [-0.2, -0.15) is 0 Å². The van der Waals surface area contributed by atoms with Gasteiger partial charge in [-0.25, -0.2) is 0 Å². The van der Waals surface area contributed by atoms with E-state index in [1.165, 1.54) is 6.26 Å². The Kier molecular flexibility index (Phi) is 4.69. The summed E-state index contributed by atoms with van der Waals surface area (Å²) in [5.41, 5.74) is 0.815. The molecule has 1 N–H and O–H groups in total. The van der Waals surface area contributed by atoms with E-state index in [1.807, 2.05) is 0 Å². The van der Waals surface area contributed by atoms with Crippen molar-refractivity contribution in [3.05, 3.63) is 35.3 Å². The second-order valence-electron chi connectivity index (χ2n) is 4.03. The molecule has 2 rings (SSSR count). The van der Waals surface area contributed by atoms with Gasteiger partial charge in [0.25, 0.3) is 0 Å². The van der Waals surface area contributed by atoms with Crippen LogP contribution in [0.4, 0.5) is 5.69 Å². The van der Waals surface area contributed by atoms with E-state index in [2.05, 4.69) is 21.8 Å². The number of aromatic nitrogens is 1. The molecule has 6 heteroatoms. The highest BCUT2D eigenvalue weighted by Gasteiger charge is 2.22. The minimum Gasteiger partial charge on any atom is -0.495 e. The molecule has 1 aromatic rings. The number of hydrogen-bond donors (Lipinski definition) is 1. The van der Waals surface area contributed by atoms with Crippen LogP contribution >= 0.6 is 23.2 Å². The first kappa shape index (κ1) is 13.5. The molecule has 18 heavy (non-hydrogen) atoms. The fourth-order valence-corrected chi connectivity index (χ4v) is 2.62. The lowest BCUT2D eigenvalue weighted by molar-refractivity contribution is 0.154. The standard InChI is InChI=1S/C12H15Cl2N3O/c1-2-18-9-5-15-3-4-17(8-9)12-10(13)6-16-7-11(12)14/h2,6-7,9,15H,1,3-5,8H2. The van der Waals surface area contributed by atoms with Gasteiger partial charge in [-0.15, -0.1) is 0 Å². The molecule has 1 saturated heterocycles. The molecule has 1 aliphatic rings. The number of pyridine rings is 1. The first-order valence-corrected chi connectivity index (χ1v) is 6.49. The van der Waals surface area contributed by atoms with Gasteiger partial charge >= 0.3 is 0 Å². The maximum absolute atomic E-state index is 6.17. The van der Waals surface area contributed by atoms with Crippen LogP contribution in [-0.2, 0) is 4.74 Å². The molecule has 1 fully saturated rings. The maximum atomic E-state index is 6.17. The fraction of sp³-hybridized carbons (Fsp3) is 0.417. The van der Waals surface area contributed by atoms with Crippen LogP contribution in [0.3, 0.4) is 0 Å². The molecule has 1 atom stereocenters. The Balaban J connectivity index is 2.22. The summed E-state index contributed by atoms with van der Waals surface area (Å²) in [7, 11) is 0. The Bertz CT molecular complexity index is 408. The van der Waals surface area contributed by atoms with E-state index in [1.54, 1.807) is 12.4 Å². The minimum atomic E-state index is 0.0327. The van der Waals surface area contributed by atoms with E-state index in [9.17, 15) is 0 Å². The van der Waals surface area contributed by atoms with E-state index < -0.39 is 0 Å². The summed E-state index contributed by atoms with van der Waals surface area (Å²) in [6.45, 7) is 6.75. The van der Waals surface area contributed by atoms with Gasteiger partial charge in [-0.05, 0) is 0 Å². The van der Waals surface area contributed by atoms with Crippen molar-refractivity contribution in [1.29, 1.82) is 0 Å². The Labute approximate surface area is 117 Å². The van der Waals surface area contributed by atoms with E-state index >= 15 is 0 Å². The maximum Gasteiger partial charge on any atom is 0.128 e. The van der Waals surface area contributed by atoms with Gasteiger partial charge in [-0.1, -0.05) is 29.8 Å². The van der Waals surface area contributed by atoms with Crippen molar-refractivity contribution in [3.63, 3.8) is 0 Å². The monoisotopic (exact) mass is 287 g/mol. The molecule has 2 heterocycles. The molecule has 0 aliphatic carbocycles. The van der Waals surface area contributed by atoms with Crippen LogP contribution in [0.2, 0.25) is 10.0 Å².